The van der Waals surface area contributed by atoms with E-state index in [4.69, 9.17) is 0 Å². The summed E-state index contributed by atoms with van der Waals surface area (Å²) in [6.07, 6.45) is 5.89. The monoisotopic (exact) mass is 287 g/mol. The Morgan fingerprint density at radius 2 is 2.33 bits per heavy atom. The van der Waals surface area contributed by atoms with Crippen molar-refractivity contribution < 1.29 is 4.79 Å². The van der Waals surface area contributed by atoms with Crippen molar-refractivity contribution >= 4 is 5.91 Å². The van der Waals surface area contributed by atoms with Crippen molar-refractivity contribution in [3.63, 3.8) is 0 Å². The van der Waals surface area contributed by atoms with Crippen LogP contribution < -0.4 is 5.32 Å². The molecule has 6 nitrogen and oxygen atoms in total. The van der Waals surface area contributed by atoms with Crippen molar-refractivity contribution in [1.82, 2.24) is 24.6 Å². The van der Waals surface area contributed by atoms with Crippen molar-refractivity contribution in [3.8, 4) is 0 Å². The molecule has 1 unspecified atom stereocenters. The van der Waals surface area contributed by atoms with Crippen LogP contribution in [0.4, 0.5) is 0 Å². The van der Waals surface area contributed by atoms with Gasteiger partial charge in [0.15, 0.2) is 0 Å². The van der Waals surface area contributed by atoms with Gasteiger partial charge in [0.05, 0.1) is 5.69 Å². The highest BCUT2D eigenvalue weighted by molar-refractivity contribution is 5.75. The number of fused-ring (bicyclic) bond motifs is 1. The minimum Gasteiger partial charge on any atom is -0.354 e. The molecule has 6 heteroatoms. The number of hydrogen-bond donors (Lipinski definition) is 1. The Kier molecular flexibility index (Phi) is 3.77. The molecule has 2 aromatic heterocycles. The number of nitrogens with one attached hydrogen (secondary N) is 1. The van der Waals surface area contributed by atoms with Gasteiger partial charge in [0.2, 0.25) is 5.91 Å². The van der Waals surface area contributed by atoms with Crippen molar-refractivity contribution in [2.45, 2.75) is 39.8 Å². The summed E-state index contributed by atoms with van der Waals surface area (Å²) in [7, 11) is 0. The molecule has 1 aliphatic rings. The van der Waals surface area contributed by atoms with Crippen LogP contribution in [0.15, 0.2) is 18.5 Å². The number of imidazole rings is 1. The first-order chi connectivity index (χ1) is 10.1. The zero-order valence-corrected chi connectivity index (χ0v) is 12.5. The van der Waals surface area contributed by atoms with E-state index in [1.165, 1.54) is 0 Å². The molecule has 0 radical (unpaired) electrons. The molecule has 1 amide bonds. The van der Waals surface area contributed by atoms with Crippen LogP contribution in [0.5, 0.6) is 0 Å². The minimum atomic E-state index is 0.0233. The zero-order valence-electron chi connectivity index (χ0n) is 12.5. The Labute approximate surface area is 124 Å². The van der Waals surface area contributed by atoms with Gasteiger partial charge in [0, 0.05) is 37.6 Å². The molecular weight excluding hydrogens is 266 g/mol. The summed E-state index contributed by atoms with van der Waals surface area (Å²) in [5.74, 6) is 1.62. The van der Waals surface area contributed by atoms with Gasteiger partial charge in [-0.1, -0.05) is 0 Å². The van der Waals surface area contributed by atoms with Crippen LogP contribution in [0.2, 0.25) is 0 Å². The molecule has 1 N–H and O–H groups in total. The van der Waals surface area contributed by atoms with Gasteiger partial charge < -0.3 is 9.88 Å². The first-order valence-electron chi connectivity index (χ1n) is 7.39. The van der Waals surface area contributed by atoms with Gasteiger partial charge in [0.25, 0.3) is 0 Å². The molecule has 0 bridgehead atoms. The van der Waals surface area contributed by atoms with E-state index >= 15 is 0 Å². The van der Waals surface area contributed by atoms with E-state index in [0.29, 0.717) is 19.0 Å². The van der Waals surface area contributed by atoms with E-state index in [1.54, 1.807) is 4.68 Å². The van der Waals surface area contributed by atoms with E-state index in [1.807, 2.05) is 32.3 Å². The normalized spacial score (nSPS) is 17.5. The van der Waals surface area contributed by atoms with Gasteiger partial charge >= 0.3 is 0 Å². The number of aryl methyl sites for hydroxylation is 3. The number of aromatic nitrogens is 4. The molecule has 21 heavy (non-hydrogen) atoms. The third kappa shape index (κ3) is 3.15. The third-order valence-electron chi connectivity index (χ3n) is 4.04. The number of carbonyl (C=O) groups excluding carboxylic acids is 1. The van der Waals surface area contributed by atoms with Crippen LogP contribution in [-0.2, 0) is 24.3 Å². The lowest BCUT2D eigenvalue weighted by Gasteiger charge is -2.23. The lowest BCUT2D eigenvalue weighted by Crippen LogP contribution is -2.35. The minimum absolute atomic E-state index is 0.0233. The highest BCUT2D eigenvalue weighted by atomic mass is 16.2. The Morgan fingerprint density at radius 1 is 1.48 bits per heavy atom. The maximum absolute atomic E-state index is 12.0. The summed E-state index contributed by atoms with van der Waals surface area (Å²) < 4.78 is 3.94. The summed E-state index contributed by atoms with van der Waals surface area (Å²) >= 11 is 0. The first kappa shape index (κ1) is 13.9. The van der Waals surface area contributed by atoms with Crippen LogP contribution in [0.3, 0.4) is 0 Å². The summed E-state index contributed by atoms with van der Waals surface area (Å²) in [6, 6.07) is 1.98. The largest absolute Gasteiger partial charge is 0.354 e. The maximum atomic E-state index is 12.0. The van der Waals surface area contributed by atoms with Crippen LogP contribution in [0.1, 0.15) is 23.6 Å². The molecule has 112 valence electrons. The second-order valence-electron chi connectivity index (χ2n) is 5.78. The number of nitrogens with zero attached hydrogens (tertiary/aromatic N) is 4. The smallest absolute Gasteiger partial charge is 0.241 e. The fourth-order valence-electron chi connectivity index (χ4n) is 2.87. The predicted molar refractivity (Wildman–Crippen MR) is 78.7 cm³/mol. The summed E-state index contributed by atoms with van der Waals surface area (Å²) in [5, 5.41) is 7.33. The SMILES string of the molecule is Cc1cc(C)n(CC(=O)NCC2CCn3ccnc3C2)n1. The summed E-state index contributed by atoms with van der Waals surface area (Å²) in [5.41, 5.74) is 1.96. The average molecular weight is 287 g/mol. The first-order valence-corrected chi connectivity index (χ1v) is 7.39. The third-order valence-corrected chi connectivity index (χ3v) is 4.04. The van der Waals surface area contributed by atoms with E-state index in [2.05, 4.69) is 20.0 Å². The van der Waals surface area contributed by atoms with Crippen molar-refractivity contribution in [2.24, 2.45) is 5.92 Å². The second kappa shape index (κ2) is 5.71. The maximum Gasteiger partial charge on any atom is 0.241 e. The predicted octanol–water partition coefficient (Wildman–Crippen LogP) is 1.08. The molecule has 0 spiro atoms. The number of rotatable bonds is 4. The van der Waals surface area contributed by atoms with Gasteiger partial charge in [-0.25, -0.2) is 4.98 Å². The Balaban J connectivity index is 1.49. The fraction of sp³-hybridized carbons (Fsp3) is 0.533. The van der Waals surface area contributed by atoms with E-state index in [-0.39, 0.29) is 5.91 Å². The summed E-state index contributed by atoms with van der Waals surface area (Å²) in [6.45, 7) is 5.90. The molecule has 0 aromatic carbocycles. The van der Waals surface area contributed by atoms with Gasteiger partial charge in [-0.05, 0) is 32.3 Å². The zero-order chi connectivity index (χ0) is 14.8. The molecule has 1 aliphatic heterocycles. The fourth-order valence-corrected chi connectivity index (χ4v) is 2.87. The molecular formula is C15H21N5O. The highest BCUT2D eigenvalue weighted by Crippen LogP contribution is 2.18. The number of carbonyl (C=O) groups is 1. The number of amides is 1. The van der Waals surface area contributed by atoms with Crippen LogP contribution in [0.25, 0.3) is 0 Å². The molecule has 0 saturated heterocycles. The molecule has 0 saturated carbocycles. The van der Waals surface area contributed by atoms with Gasteiger partial charge in [0.1, 0.15) is 12.4 Å². The average Bonchev–Trinajstić information content (AvgIpc) is 3.02. The highest BCUT2D eigenvalue weighted by Gasteiger charge is 2.19. The van der Waals surface area contributed by atoms with Gasteiger partial charge in [-0.3, -0.25) is 9.48 Å². The lowest BCUT2D eigenvalue weighted by molar-refractivity contribution is -0.122. The Bertz CT molecular complexity index is 642. The molecule has 1 atom stereocenters. The van der Waals surface area contributed by atoms with Gasteiger partial charge in [-0.15, -0.1) is 0 Å². The van der Waals surface area contributed by atoms with Crippen LogP contribution >= 0.6 is 0 Å². The van der Waals surface area contributed by atoms with E-state index in [9.17, 15) is 4.79 Å². The van der Waals surface area contributed by atoms with E-state index in [0.717, 1.165) is 36.6 Å². The number of hydrogen-bond acceptors (Lipinski definition) is 3. The Morgan fingerprint density at radius 3 is 3.10 bits per heavy atom. The molecule has 0 fully saturated rings. The quantitative estimate of drug-likeness (QED) is 0.915. The van der Waals surface area contributed by atoms with Crippen LogP contribution in [0, 0.1) is 19.8 Å². The van der Waals surface area contributed by atoms with Crippen LogP contribution in [-0.4, -0.2) is 31.8 Å². The molecule has 3 rings (SSSR count). The Hall–Kier alpha value is -2.11. The topological polar surface area (TPSA) is 64.7 Å². The van der Waals surface area contributed by atoms with Crippen molar-refractivity contribution in [2.75, 3.05) is 6.54 Å². The standard InChI is InChI=1S/C15H21N5O/c1-11-7-12(2)20(18-11)10-15(21)17-9-13-3-5-19-6-4-16-14(19)8-13/h4,6-7,13H,3,5,8-10H2,1-2H3,(H,17,21). The van der Waals surface area contributed by atoms with Crippen molar-refractivity contribution in [3.05, 3.63) is 35.7 Å². The second-order valence-corrected chi connectivity index (χ2v) is 5.78. The summed E-state index contributed by atoms with van der Waals surface area (Å²) in [4.78, 5) is 16.4. The molecule has 2 aromatic rings. The molecule has 0 aliphatic carbocycles. The van der Waals surface area contributed by atoms with Crippen molar-refractivity contribution in [1.29, 1.82) is 0 Å². The van der Waals surface area contributed by atoms with E-state index < -0.39 is 0 Å². The molecule has 3 heterocycles. The lowest BCUT2D eigenvalue weighted by atomic mass is 9.98. The van der Waals surface area contributed by atoms with Gasteiger partial charge in [-0.2, -0.15) is 5.10 Å².